The van der Waals surface area contributed by atoms with Crippen LogP contribution in [-0.2, 0) is 28.1 Å². The zero-order valence-electron chi connectivity index (χ0n) is 27.5. The van der Waals surface area contributed by atoms with Crippen LogP contribution in [0.25, 0.3) is 21.9 Å². The van der Waals surface area contributed by atoms with Crippen LogP contribution in [-0.4, -0.2) is 71.7 Å². The summed E-state index contributed by atoms with van der Waals surface area (Å²) >= 11 is 0. The molecule has 0 amide bonds. The van der Waals surface area contributed by atoms with E-state index in [0.717, 1.165) is 10.8 Å². The van der Waals surface area contributed by atoms with E-state index in [9.17, 15) is 9.36 Å². The fourth-order valence-corrected chi connectivity index (χ4v) is 6.90. The summed E-state index contributed by atoms with van der Waals surface area (Å²) in [5.74, 6) is 0.0143. The lowest BCUT2D eigenvalue weighted by molar-refractivity contribution is -0.148. The van der Waals surface area contributed by atoms with Crippen LogP contribution in [0, 0.1) is 11.3 Å². The van der Waals surface area contributed by atoms with Crippen molar-refractivity contribution in [1.29, 1.82) is 0 Å². The minimum absolute atomic E-state index is 0.0372. The molecule has 5 atom stereocenters. The van der Waals surface area contributed by atoms with E-state index in [-0.39, 0.29) is 36.4 Å². The quantitative estimate of drug-likeness (QED) is 0.131. The number of aromatic nitrogens is 4. The van der Waals surface area contributed by atoms with Gasteiger partial charge in [-0.05, 0) is 36.6 Å². The first-order valence-corrected chi connectivity index (χ1v) is 17.0. The molecule has 47 heavy (non-hydrogen) atoms. The SMILES string of the molecule is COCC[C@H]1CC(COP(=O)(N[C@@H](C)C(=O)OCC(C)(C)C)Oc2cccc3ccccc23)OC1n1cnc2c(OC)nc(N)nc21. The van der Waals surface area contributed by atoms with E-state index in [1.54, 1.807) is 37.1 Å². The summed E-state index contributed by atoms with van der Waals surface area (Å²) in [4.78, 5) is 25.9. The molecule has 0 bridgehead atoms. The maximum absolute atomic E-state index is 14.4. The van der Waals surface area contributed by atoms with Gasteiger partial charge in [-0.1, -0.05) is 57.2 Å². The van der Waals surface area contributed by atoms with Crippen LogP contribution in [0.4, 0.5) is 5.95 Å². The Bertz CT molecular complexity index is 1740. The summed E-state index contributed by atoms with van der Waals surface area (Å²) < 4.78 is 51.1. The molecule has 1 fully saturated rings. The zero-order valence-corrected chi connectivity index (χ0v) is 28.4. The Kier molecular flexibility index (Phi) is 10.7. The van der Waals surface area contributed by atoms with Crippen molar-refractivity contribution in [2.24, 2.45) is 11.3 Å². The highest BCUT2D eigenvalue weighted by Gasteiger charge is 2.40. The van der Waals surface area contributed by atoms with Crippen molar-refractivity contribution >= 4 is 41.6 Å². The Balaban J connectivity index is 1.38. The van der Waals surface area contributed by atoms with Crippen molar-refractivity contribution in [2.45, 2.75) is 58.9 Å². The molecule has 1 aliphatic heterocycles. The second-order valence-electron chi connectivity index (χ2n) is 12.7. The molecule has 1 aliphatic rings. The first kappa shape index (κ1) is 34.5. The van der Waals surface area contributed by atoms with Gasteiger partial charge in [0.05, 0.1) is 32.8 Å². The van der Waals surface area contributed by atoms with Crippen molar-refractivity contribution in [3.63, 3.8) is 0 Å². The summed E-state index contributed by atoms with van der Waals surface area (Å²) in [6.45, 7) is 8.00. The van der Waals surface area contributed by atoms with Crippen LogP contribution >= 0.6 is 7.75 Å². The highest BCUT2D eigenvalue weighted by molar-refractivity contribution is 7.52. The Hall–Kier alpha value is -3.81. The van der Waals surface area contributed by atoms with E-state index in [1.165, 1.54) is 7.11 Å². The molecule has 1 saturated heterocycles. The number of esters is 1. The van der Waals surface area contributed by atoms with Crippen LogP contribution in [0.15, 0.2) is 48.8 Å². The third kappa shape index (κ3) is 8.38. The molecule has 254 valence electrons. The Morgan fingerprint density at radius 3 is 2.68 bits per heavy atom. The maximum atomic E-state index is 14.4. The highest BCUT2D eigenvalue weighted by atomic mass is 31.2. The van der Waals surface area contributed by atoms with Crippen molar-refractivity contribution in [3.8, 4) is 11.6 Å². The molecule has 14 nitrogen and oxygen atoms in total. The van der Waals surface area contributed by atoms with E-state index in [2.05, 4.69) is 20.0 Å². The third-order valence-corrected chi connectivity index (χ3v) is 9.25. The number of nitrogens with zero attached hydrogens (tertiary/aromatic N) is 4. The molecule has 0 saturated carbocycles. The Morgan fingerprint density at radius 1 is 1.17 bits per heavy atom. The smallest absolute Gasteiger partial charge is 0.459 e. The predicted molar refractivity (Wildman–Crippen MR) is 176 cm³/mol. The molecule has 0 radical (unpaired) electrons. The van der Waals surface area contributed by atoms with Gasteiger partial charge >= 0.3 is 13.7 Å². The van der Waals surface area contributed by atoms with Gasteiger partial charge < -0.3 is 29.2 Å². The molecule has 2 aromatic carbocycles. The summed E-state index contributed by atoms with van der Waals surface area (Å²) in [6, 6.07) is 12.0. The highest BCUT2D eigenvalue weighted by Crippen LogP contribution is 2.48. The second-order valence-corrected chi connectivity index (χ2v) is 14.4. The monoisotopic (exact) mass is 670 g/mol. The molecular formula is C32H43N6O8P. The number of nitrogens with two attached hydrogens (primary N) is 1. The summed E-state index contributed by atoms with van der Waals surface area (Å²) in [7, 11) is -1.06. The first-order valence-electron chi connectivity index (χ1n) is 15.4. The number of hydrogen-bond acceptors (Lipinski definition) is 12. The van der Waals surface area contributed by atoms with Gasteiger partial charge in [0.15, 0.2) is 11.2 Å². The normalized spacial score (nSPS) is 20.3. The van der Waals surface area contributed by atoms with Gasteiger partial charge in [-0.3, -0.25) is 13.9 Å². The lowest BCUT2D eigenvalue weighted by Crippen LogP contribution is -2.37. The van der Waals surface area contributed by atoms with Crippen molar-refractivity contribution in [1.82, 2.24) is 24.6 Å². The number of hydrogen-bond donors (Lipinski definition) is 2. The van der Waals surface area contributed by atoms with Gasteiger partial charge in [0.2, 0.25) is 11.8 Å². The number of ether oxygens (including phenoxy) is 4. The molecule has 3 heterocycles. The number of benzene rings is 2. The van der Waals surface area contributed by atoms with E-state index in [1.807, 2.05) is 51.1 Å². The number of imidazole rings is 1. The van der Waals surface area contributed by atoms with Crippen LogP contribution < -0.4 is 20.1 Å². The van der Waals surface area contributed by atoms with Crippen molar-refractivity contribution < 1.29 is 37.4 Å². The van der Waals surface area contributed by atoms with Crippen molar-refractivity contribution in [3.05, 3.63) is 48.8 Å². The topological polar surface area (TPSA) is 171 Å². The molecule has 0 spiro atoms. The van der Waals surface area contributed by atoms with Gasteiger partial charge in [0.1, 0.15) is 18.0 Å². The summed E-state index contributed by atoms with van der Waals surface area (Å²) in [5, 5.41) is 4.43. The van der Waals surface area contributed by atoms with E-state index in [0.29, 0.717) is 36.4 Å². The number of fused-ring (bicyclic) bond motifs is 2. The number of carbonyl (C=O) groups excluding carboxylic acids is 1. The minimum Gasteiger partial charge on any atom is -0.479 e. The number of nitrogens with one attached hydrogen (secondary N) is 1. The Labute approximate surface area is 273 Å². The number of methoxy groups -OCH3 is 2. The number of nitrogen functional groups attached to an aromatic ring is 1. The van der Waals surface area contributed by atoms with Crippen LogP contribution in [0.1, 0.15) is 46.8 Å². The number of rotatable bonds is 14. The number of carbonyl (C=O) groups is 1. The fraction of sp³-hybridized carbons (Fsp3) is 0.500. The van der Waals surface area contributed by atoms with Gasteiger partial charge in [0.25, 0.3) is 0 Å². The van der Waals surface area contributed by atoms with Gasteiger partial charge in [-0.25, -0.2) is 9.55 Å². The average Bonchev–Trinajstić information content (AvgIpc) is 3.64. The fourth-order valence-electron chi connectivity index (χ4n) is 5.36. The van der Waals surface area contributed by atoms with Crippen LogP contribution in [0.2, 0.25) is 0 Å². The molecule has 3 N–H and O–H groups in total. The van der Waals surface area contributed by atoms with Gasteiger partial charge in [-0.2, -0.15) is 15.1 Å². The molecule has 5 rings (SSSR count). The predicted octanol–water partition coefficient (Wildman–Crippen LogP) is 5.28. The van der Waals surface area contributed by atoms with Crippen LogP contribution in [0.3, 0.4) is 0 Å². The largest absolute Gasteiger partial charge is 0.479 e. The molecule has 0 aliphatic carbocycles. The number of anilines is 1. The lowest BCUT2D eigenvalue weighted by Gasteiger charge is -2.25. The maximum Gasteiger partial charge on any atom is 0.459 e. The van der Waals surface area contributed by atoms with E-state index in [4.69, 9.17) is 33.7 Å². The standard InChI is InChI=1S/C32H43N6O8P/c1-20(30(39)43-18-32(2,3)4)37-47(40,46-25-13-9-11-21-10-7-8-12-24(21)25)44-17-23-16-22(14-15-41-5)29(45-23)38-19-34-26-27(38)35-31(33)36-28(26)42-6/h7-13,19-20,22-23,29H,14-18H2,1-6H3,(H,37,40)(H2,33,35,36)/t20-,22-,23?,29?,47?/m0/s1. The molecule has 4 aromatic rings. The van der Waals surface area contributed by atoms with Gasteiger partial charge in [0, 0.05) is 25.0 Å². The third-order valence-electron chi connectivity index (χ3n) is 7.62. The minimum atomic E-state index is -4.18. The first-order chi connectivity index (χ1) is 22.4. The Morgan fingerprint density at radius 2 is 1.94 bits per heavy atom. The average molecular weight is 671 g/mol. The lowest BCUT2D eigenvalue weighted by atomic mass is 9.99. The van der Waals surface area contributed by atoms with E-state index < -0.39 is 32.1 Å². The molecular weight excluding hydrogens is 627 g/mol. The molecule has 15 heteroatoms. The van der Waals surface area contributed by atoms with E-state index >= 15 is 0 Å². The van der Waals surface area contributed by atoms with Crippen LogP contribution in [0.5, 0.6) is 11.6 Å². The molecule has 3 unspecified atom stereocenters. The summed E-state index contributed by atoms with van der Waals surface area (Å²) in [5.41, 5.74) is 6.61. The van der Waals surface area contributed by atoms with Crippen molar-refractivity contribution in [2.75, 3.05) is 39.8 Å². The van der Waals surface area contributed by atoms with Gasteiger partial charge in [-0.15, -0.1) is 0 Å². The summed E-state index contributed by atoms with van der Waals surface area (Å²) in [6.07, 6.45) is 1.79. The zero-order chi connectivity index (χ0) is 33.8. The molecule has 2 aromatic heterocycles. The second kappa shape index (κ2) is 14.5.